The van der Waals surface area contributed by atoms with Crippen molar-refractivity contribution in [2.75, 3.05) is 13.1 Å². The summed E-state index contributed by atoms with van der Waals surface area (Å²) in [4.78, 5) is 7.87. The topological polar surface area (TPSA) is 42.2 Å². The summed E-state index contributed by atoms with van der Waals surface area (Å²) in [6, 6.07) is 0.644. The maximum atomic E-state index is 5.87. The van der Waals surface area contributed by atoms with Crippen molar-refractivity contribution >= 4 is 22.9 Å². The Bertz CT molecular complexity index is 355. The van der Waals surface area contributed by atoms with Crippen LogP contribution >= 0.6 is 22.9 Å². The minimum atomic E-state index is 0.637. The molecule has 2 rings (SSSR count). The summed E-state index contributed by atoms with van der Waals surface area (Å²) < 4.78 is 0.637. The Morgan fingerprint density at radius 3 is 3.00 bits per heavy atom. The Morgan fingerprint density at radius 2 is 2.41 bits per heavy atom. The van der Waals surface area contributed by atoms with Gasteiger partial charge in [-0.15, -0.1) is 11.3 Å². The molecule has 0 bridgehead atoms. The fourth-order valence-corrected chi connectivity index (χ4v) is 3.80. The van der Waals surface area contributed by atoms with Gasteiger partial charge in [-0.3, -0.25) is 4.90 Å². The Morgan fingerprint density at radius 1 is 1.59 bits per heavy atom. The largest absolute Gasteiger partial charge is 0.330 e. The third-order valence-electron chi connectivity index (χ3n) is 3.68. The van der Waals surface area contributed by atoms with Gasteiger partial charge in [-0.2, -0.15) is 0 Å². The summed E-state index contributed by atoms with van der Waals surface area (Å²) >= 11 is 7.45. The van der Waals surface area contributed by atoms with E-state index in [0.29, 0.717) is 16.4 Å². The SMILES string of the molecule is CCN(Cc1cnc(Cl)s1)C1CCCC1CN. The maximum absolute atomic E-state index is 5.87. The lowest BCUT2D eigenvalue weighted by molar-refractivity contribution is 0.163. The summed E-state index contributed by atoms with van der Waals surface area (Å²) in [5, 5.41) is 0. The van der Waals surface area contributed by atoms with Crippen LogP contribution < -0.4 is 5.73 Å². The Hall–Kier alpha value is -0.160. The molecule has 3 nitrogen and oxygen atoms in total. The minimum absolute atomic E-state index is 0.637. The molecule has 0 aliphatic heterocycles. The zero-order valence-electron chi connectivity index (χ0n) is 10.2. The maximum Gasteiger partial charge on any atom is 0.183 e. The van der Waals surface area contributed by atoms with Gasteiger partial charge in [-0.05, 0) is 31.8 Å². The molecule has 0 radical (unpaired) electrons. The first-order valence-electron chi connectivity index (χ1n) is 6.29. The fourth-order valence-electron chi connectivity index (χ4n) is 2.79. The van der Waals surface area contributed by atoms with Crippen molar-refractivity contribution in [1.82, 2.24) is 9.88 Å². The fraction of sp³-hybridized carbons (Fsp3) is 0.750. The molecule has 17 heavy (non-hydrogen) atoms. The number of rotatable bonds is 5. The molecule has 2 atom stereocenters. The molecular formula is C12H20ClN3S. The number of aromatic nitrogens is 1. The normalized spacial score (nSPS) is 24.7. The highest BCUT2D eigenvalue weighted by Crippen LogP contribution is 2.31. The van der Waals surface area contributed by atoms with Crippen molar-refractivity contribution < 1.29 is 0 Å². The molecule has 0 amide bonds. The molecule has 1 aliphatic carbocycles. The van der Waals surface area contributed by atoms with Crippen molar-refractivity contribution in [1.29, 1.82) is 0 Å². The highest BCUT2D eigenvalue weighted by atomic mass is 35.5. The molecule has 1 fully saturated rings. The zero-order valence-corrected chi connectivity index (χ0v) is 11.8. The molecule has 1 aliphatic rings. The Balaban J connectivity index is 2.00. The summed E-state index contributed by atoms with van der Waals surface area (Å²) in [6.45, 7) is 5.05. The number of nitrogens with zero attached hydrogens (tertiary/aromatic N) is 2. The van der Waals surface area contributed by atoms with Gasteiger partial charge in [-0.25, -0.2) is 4.98 Å². The van der Waals surface area contributed by atoms with Crippen molar-refractivity contribution in [3.8, 4) is 0 Å². The highest BCUT2D eigenvalue weighted by Gasteiger charge is 2.30. The second kappa shape index (κ2) is 6.14. The van der Waals surface area contributed by atoms with Crippen LogP contribution in [0.4, 0.5) is 0 Å². The first-order valence-corrected chi connectivity index (χ1v) is 7.48. The van der Waals surface area contributed by atoms with Crippen LogP contribution in [-0.4, -0.2) is 29.0 Å². The van der Waals surface area contributed by atoms with Gasteiger partial charge in [0.15, 0.2) is 4.47 Å². The van der Waals surface area contributed by atoms with E-state index in [2.05, 4.69) is 16.8 Å². The summed E-state index contributed by atoms with van der Waals surface area (Å²) in [5.41, 5.74) is 5.86. The Labute approximate surface area is 112 Å². The van der Waals surface area contributed by atoms with Gasteiger partial charge in [0.1, 0.15) is 0 Å². The number of thiazole rings is 1. The first-order chi connectivity index (χ1) is 8.24. The summed E-state index contributed by atoms with van der Waals surface area (Å²) in [5.74, 6) is 0.665. The predicted octanol–water partition coefficient (Wildman–Crippen LogP) is 2.75. The van der Waals surface area contributed by atoms with Crippen LogP contribution in [-0.2, 0) is 6.54 Å². The first kappa shape index (κ1) is 13.3. The highest BCUT2D eigenvalue weighted by molar-refractivity contribution is 7.15. The van der Waals surface area contributed by atoms with Crippen molar-refractivity contribution in [2.24, 2.45) is 11.7 Å². The van der Waals surface area contributed by atoms with Crippen LogP contribution in [0.25, 0.3) is 0 Å². The monoisotopic (exact) mass is 273 g/mol. The van der Waals surface area contributed by atoms with E-state index < -0.39 is 0 Å². The van der Waals surface area contributed by atoms with E-state index in [9.17, 15) is 0 Å². The van der Waals surface area contributed by atoms with E-state index in [1.165, 1.54) is 24.1 Å². The van der Waals surface area contributed by atoms with E-state index in [-0.39, 0.29) is 0 Å². The molecule has 5 heteroatoms. The summed E-state index contributed by atoms with van der Waals surface area (Å²) in [6.07, 6.45) is 5.76. The third kappa shape index (κ3) is 3.19. The van der Waals surface area contributed by atoms with Gasteiger partial charge in [0, 0.05) is 23.7 Å². The number of hydrogen-bond acceptors (Lipinski definition) is 4. The van der Waals surface area contributed by atoms with E-state index in [1.54, 1.807) is 11.3 Å². The van der Waals surface area contributed by atoms with Crippen LogP contribution in [0.15, 0.2) is 6.20 Å². The molecule has 1 aromatic rings. The average Bonchev–Trinajstić information content (AvgIpc) is 2.94. The Kier molecular flexibility index (Phi) is 4.79. The molecule has 1 aromatic heterocycles. The quantitative estimate of drug-likeness (QED) is 0.897. The predicted molar refractivity (Wildman–Crippen MR) is 73.4 cm³/mol. The number of nitrogens with two attached hydrogens (primary N) is 1. The van der Waals surface area contributed by atoms with Gasteiger partial charge >= 0.3 is 0 Å². The van der Waals surface area contributed by atoms with E-state index in [4.69, 9.17) is 17.3 Å². The molecular weight excluding hydrogens is 254 g/mol. The second-order valence-electron chi connectivity index (χ2n) is 4.64. The van der Waals surface area contributed by atoms with E-state index in [1.807, 2.05) is 6.20 Å². The van der Waals surface area contributed by atoms with Crippen LogP contribution in [0.5, 0.6) is 0 Å². The standard InChI is InChI=1S/C12H20ClN3S/c1-2-16(8-10-7-15-12(13)17-10)11-5-3-4-9(11)6-14/h7,9,11H,2-6,8,14H2,1H3. The molecule has 0 spiro atoms. The second-order valence-corrected chi connectivity index (χ2v) is 6.33. The number of hydrogen-bond donors (Lipinski definition) is 1. The van der Waals surface area contributed by atoms with Crippen LogP contribution in [0.1, 0.15) is 31.1 Å². The van der Waals surface area contributed by atoms with Crippen LogP contribution in [0.2, 0.25) is 4.47 Å². The molecule has 1 heterocycles. The van der Waals surface area contributed by atoms with E-state index in [0.717, 1.165) is 19.6 Å². The van der Waals surface area contributed by atoms with Gasteiger partial charge in [0.05, 0.1) is 0 Å². The smallest absolute Gasteiger partial charge is 0.183 e. The van der Waals surface area contributed by atoms with Gasteiger partial charge in [-0.1, -0.05) is 24.9 Å². The lowest BCUT2D eigenvalue weighted by Crippen LogP contribution is -2.39. The van der Waals surface area contributed by atoms with Gasteiger partial charge < -0.3 is 5.73 Å². The average molecular weight is 274 g/mol. The molecule has 2 N–H and O–H groups in total. The van der Waals surface area contributed by atoms with Crippen molar-refractivity contribution in [3.63, 3.8) is 0 Å². The molecule has 96 valence electrons. The van der Waals surface area contributed by atoms with Gasteiger partial charge in [0.2, 0.25) is 0 Å². The molecule has 2 unspecified atom stereocenters. The van der Waals surface area contributed by atoms with Crippen LogP contribution in [0.3, 0.4) is 0 Å². The van der Waals surface area contributed by atoms with Crippen molar-refractivity contribution in [2.45, 2.75) is 38.8 Å². The molecule has 0 saturated heterocycles. The molecule has 1 saturated carbocycles. The summed E-state index contributed by atoms with van der Waals surface area (Å²) in [7, 11) is 0. The lowest BCUT2D eigenvalue weighted by atomic mass is 10.0. The number of halogens is 1. The molecule has 0 aromatic carbocycles. The lowest BCUT2D eigenvalue weighted by Gasteiger charge is -2.31. The van der Waals surface area contributed by atoms with Crippen LogP contribution in [0, 0.1) is 5.92 Å². The van der Waals surface area contributed by atoms with E-state index >= 15 is 0 Å². The van der Waals surface area contributed by atoms with Gasteiger partial charge in [0.25, 0.3) is 0 Å². The van der Waals surface area contributed by atoms with Crippen molar-refractivity contribution in [3.05, 3.63) is 15.5 Å². The zero-order chi connectivity index (χ0) is 12.3. The third-order valence-corrected chi connectivity index (χ3v) is 4.78. The minimum Gasteiger partial charge on any atom is -0.330 e.